The fraction of sp³-hybridized carbons (Fsp3) is 0. The van der Waals surface area contributed by atoms with E-state index in [2.05, 4.69) is 27.1 Å². The van der Waals surface area contributed by atoms with Crippen molar-refractivity contribution in [2.24, 2.45) is 0 Å². The number of hydrogen-bond donors (Lipinski definition) is 0. The lowest BCUT2D eigenvalue weighted by atomic mass is 10.1. The Balaban J connectivity index is 1.93. The van der Waals surface area contributed by atoms with Gasteiger partial charge in [-0.15, -0.1) is 0 Å². The van der Waals surface area contributed by atoms with E-state index in [-0.39, 0.29) is 0 Å². The van der Waals surface area contributed by atoms with Crippen LogP contribution >= 0.6 is 0 Å². The molecule has 4 aromatic heterocycles. The standard InChI is InChI=1S/C19H11N3O/c1-2-5-13-12(4-1)7-10-21-17(13)18-19-14(8-11-22-18)16-15(23-19)6-3-9-20-16/h1-11H. The maximum Gasteiger partial charge on any atom is 0.164 e. The summed E-state index contributed by atoms with van der Waals surface area (Å²) in [6, 6.07) is 15.9. The van der Waals surface area contributed by atoms with Gasteiger partial charge in [0.25, 0.3) is 0 Å². The third-order valence-corrected chi connectivity index (χ3v) is 4.04. The van der Waals surface area contributed by atoms with Crippen LogP contribution < -0.4 is 0 Å². The third-order valence-electron chi connectivity index (χ3n) is 4.04. The van der Waals surface area contributed by atoms with Crippen molar-refractivity contribution in [2.75, 3.05) is 0 Å². The topological polar surface area (TPSA) is 51.8 Å². The highest BCUT2D eigenvalue weighted by molar-refractivity contribution is 6.08. The Labute approximate surface area is 131 Å². The van der Waals surface area contributed by atoms with Crippen molar-refractivity contribution in [2.45, 2.75) is 0 Å². The molecule has 0 unspecified atom stereocenters. The molecule has 5 rings (SSSR count). The Kier molecular flexibility index (Phi) is 2.46. The predicted octanol–water partition coefficient (Wildman–Crippen LogP) is 4.59. The van der Waals surface area contributed by atoms with Gasteiger partial charge in [0.1, 0.15) is 16.9 Å². The molecule has 23 heavy (non-hydrogen) atoms. The van der Waals surface area contributed by atoms with Gasteiger partial charge in [-0.2, -0.15) is 0 Å². The summed E-state index contributed by atoms with van der Waals surface area (Å²) in [5.41, 5.74) is 3.92. The predicted molar refractivity (Wildman–Crippen MR) is 90.0 cm³/mol. The summed E-state index contributed by atoms with van der Waals surface area (Å²) >= 11 is 0. The molecule has 0 amide bonds. The van der Waals surface area contributed by atoms with Gasteiger partial charge in [-0.25, -0.2) is 0 Å². The lowest BCUT2D eigenvalue weighted by Gasteiger charge is -2.05. The largest absolute Gasteiger partial charge is 0.452 e. The van der Waals surface area contributed by atoms with Crippen molar-refractivity contribution in [3.05, 3.63) is 67.1 Å². The smallest absolute Gasteiger partial charge is 0.164 e. The lowest BCUT2D eigenvalue weighted by molar-refractivity contribution is 0.667. The summed E-state index contributed by atoms with van der Waals surface area (Å²) in [5, 5.41) is 3.15. The van der Waals surface area contributed by atoms with Crippen molar-refractivity contribution in [3.8, 4) is 11.4 Å². The van der Waals surface area contributed by atoms with Crippen molar-refractivity contribution >= 4 is 32.8 Å². The van der Waals surface area contributed by atoms with Gasteiger partial charge in [0.05, 0.1) is 5.39 Å². The molecule has 0 fully saturated rings. The van der Waals surface area contributed by atoms with E-state index in [9.17, 15) is 0 Å². The Morgan fingerprint density at radius 3 is 2.52 bits per heavy atom. The molecular formula is C19H11N3O. The van der Waals surface area contributed by atoms with Gasteiger partial charge in [-0.3, -0.25) is 15.0 Å². The first kappa shape index (κ1) is 12.3. The number of benzene rings is 1. The quantitative estimate of drug-likeness (QED) is 0.454. The molecule has 0 atom stereocenters. The number of pyridine rings is 3. The first-order valence-electron chi connectivity index (χ1n) is 7.38. The van der Waals surface area contributed by atoms with Crippen molar-refractivity contribution in [3.63, 3.8) is 0 Å². The normalized spacial score (nSPS) is 11.5. The summed E-state index contributed by atoms with van der Waals surface area (Å²) < 4.78 is 6.02. The van der Waals surface area contributed by atoms with Crippen LogP contribution in [-0.4, -0.2) is 15.0 Å². The summed E-state index contributed by atoms with van der Waals surface area (Å²) in [5.74, 6) is 0. The lowest BCUT2D eigenvalue weighted by Crippen LogP contribution is -1.89. The Bertz CT molecular complexity index is 1170. The molecule has 0 aliphatic rings. The van der Waals surface area contributed by atoms with Gasteiger partial charge in [0.15, 0.2) is 11.2 Å². The number of hydrogen-bond acceptors (Lipinski definition) is 4. The summed E-state index contributed by atoms with van der Waals surface area (Å²) in [7, 11) is 0. The Hall–Kier alpha value is -3.27. The third kappa shape index (κ3) is 1.75. The zero-order valence-electron chi connectivity index (χ0n) is 12.1. The SMILES string of the molecule is c1ccc2c(-c3nccc4c3oc3cccnc34)nccc2c1. The summed E-state index contributed by atoms with van der Waals surface area (Å²) in [6.07, 6.45) is 5.36. The summed E-state index contributed by atoms with van der Waals surface area (Å²) in [4.78, 5) is 13.5. The number of fused-ring (bicyclic) bond motifs is 4. The monoisotopic (exact) mass is 297 g/mol. The van der Waals surface area contributed by atoms with Crippen LogP contribution in [0.2, 0.25) is 0 Å². The molecule has 0 bridgehead atoms. The van der Waals surface area contributed by atoms with Crippen molar-refractivity contribution in [1.82, 2.24) is 15.0 Å². The molecule has 0 radical (unpaired) electrons. The second kappa shape index (κ2) is 4.61. The molecule has 0 aliphatic carbocycles. The zero-order valence-corrected chi connectivity index (χ0v) is 12.1. The number of rotatable bonds is 1. The van der Waals surface area contributed by atoms with E-state index < -0.39 is 0 Å². The van der Waals surface area contributed by atoms with E-state index in [1.807, 2.05) is 36.4 Å². The second-order valence-electron chi connectivity index (χ2n) is 5.37. The van der Waals surface area contributed by atoms with Gasteiger partial charge >= 0.3 is 0 Å². The Morgan fingerprint density at radius 1 is 0.652 bits per heavy atom. The molecule has 0 spiro atoms. The number of furan rings is 1. The molecule has 0 aliphatic heterocycles. The van der Waals surface area contributed by atoms with Crippen LogP contribution in [0.4, 0.5) is 0 Å². The van der Waals surface area contributed by atoms with Gasteiger partial charge in [-0.1, -0.05) is 24.3 Å². The first-order valence-corrected chi connectivity index (χ1v) is 7.38. The molecular weight excluding hydrogens is 286 g/mol. The highest BCUT2D eigenvalue weighted by Gasteiger charge is 2.16. The minimum atomic E-state index is 0.727. The average molecular weight is 297 g/mol. The highest BCUT2D eigenvalue weighted by atomic mass is 16.3. The van der Waals surface area contributed by atoms with Crippen LogP contribution in [0.1, 0.15) is 0 Å². The maximum absolute atomic E-state index is 6.02. The van der Waals surface area contributed by atoms with Crippen LogP contribution in [0.25, 0.3) is 44.2 Å². The van der Waals surface area contributed by atoms with Crippen LogP contribution in [0.5, 0.6) is 0 Å². The van der Waals surface area contributed by atoms with E-state index >= 15 is 0 Å². The van der Waals surface area contributed by atoms with Gasteiger partial charge < -0.3 is 4.42 Å². The van der Waals surface area contributed by atoms with Crippen molar-refractivity contribution < 1.29 is 4.42 Å². The van der Waals surface area contributed by atoms with E-state index in [1.165, 1.54) is 0 Å². The number of nitrogens with zero attached hydrogens (tertiary/aromatic N) is 3. The molecule has 4 nitrogen and oxygen atoms in total. The number of aromatic nitrogens is 3. The van der Waals surface area contributed by atoms with Crippen LogP contribution in [-0.2, 0) is 0 Å². The molecule has 0 N–H and O–H groups in total. The summed E-state index contributed by atoms with van der Waals surface area (Å²) in [6.45, 7) is 0. The van der Waals surface area contributed by atoms with Crippen LogP contribution in [0, 0.1) is 0 Å². The molecule has 4 heterocycles. The highest BCUT2D eigenvalue weighted by Crippen LogP contribution is 2.34. The van der Waals surface area contributed by atoms with E-state index in [0.29, 0.717) is 0 Å². The Morgan fingerprint density at radius 2 is 1.52 bits per heavy atom. The van der Waals surface area contributed by atoms with Gasteiger partial charge in [-0.05, 0) is 29.7 Å². The molecule has 1 aromatic carbocycles. The van der Waals surface area contributed by atoms with E-state index in [4.69, 9.17) is 4.42 Å². The maximum atomic E-state index is 6.02. The van der Waals surface area contributed by atoms with Crippen LogP contribution in [0.3, 0.4) is 0 Å². The minimum absolute atomic E-state index is 0.727. The minimum Gasteiger partial charge on any atom is -0.452 e. The fourth-order valence-electron chi connectivity index (χ4n) is 3.00. The van der Waals surface area contributed by atoms with Gasteiger partial charge in [0, 0.05) is 24.0 Å². The van der Waals surface area contributed by atoms with E-state index in [1.54, 1.807) is 18.6 Å². The molecule has 4 heteroatoms. The van der Waals surface area contributed by atoms with Crippen molar-refractivity contribution in [1.29, 1.82) is 0 Å². The molecule has 5 aromatic rings. The van der Waals surface area contributed by atoms with Crippen LogP contribution in [0.15, 0.2) is 71.5 Å². The first-order chi connectivity index (χ1) is 11.4. The van der Waals surface area contributed by atoms with Gasteiger partial charge in [0.2, 0.25) is 0 Å². The molecule has 108 valence electrons. The second-order valence-corrected chi connectivity index (χ2v) is 5.37. The molecule has 0 saturated carbocycles. The molecule has 0 saturated heterocycles. The zero-order chi connectivity index (χ0) is 15.2. The fourth-order valence-corrected chi connectivity index (χ4v) is 3.00. The van der Waals surface area contributed by atoms with E-state index in [0.717, 1.165) is 44.2 Å². The average Bonchev–Trinajstić information content (AvgIpc) is 3.00.